The van der Waals surface area contributed by atoms with Crippen LogP contribution < -0.4 is 5.32 Å². The zero-order valence-electron chi connectivity index (χ0n) is 9.53. The van der Waals surface area contributed by atoms with Gasteiger partial charge in [-0.3, -0.25) is 9.69 Å². The number of rotatable bonds is 3. The lowest BCUT2D eigenvalue weighted by Crippen LogP contribution is -2.53. The standard InChI is InChI=1S/C12H12F2N2O2/c13-12(14,9-4-2-1-3-5-9)8-16-10(17)6-7-15-11(16)18/h1-5H,6-8H2,(H,15,18). The summed E-state index contributed by atoms with van der Waals surface area (Å²) in [6, 6.07) is 6.38. The Morgan fingerprint density at radius 1 is 1.22 bits per heavy atom. The minimum absolute atomic E-state index is 0.0522. The summed E-state index contributed by atoms with van der Waals surface area (Å²) >= 11 is 0. The Hall–Kier alpha value is -1.98. The van der Waals surface area contributed by atoms with Gasteiger partial charge < -0.3 is 5.32 Å². The van der Waals surface area contributed by atoms with Gasteiger partial charge in [-0.25, -0.2) is 4.79 Å². The third-order valence-corrected chi connectivity index (χ3v) is 2.71. The topological polar surface area (TPSA) is 49.4 Å². The first-order chi connectivity index (χ1) is 8.50. The summed E-state index contributed by atoms with van der Waals surface area (Å²) in [5, 5.41) is 2.37. The first-order valence-corrected chi connectivity index (χ1v) is 5.52. The van der Waals surface area contributed by atoms with E-state index in [9.17, 15) is 18.4 Å². The molecule has 96 valence electrons. The minimum atomic E-state index is -3.24. The summed E-state index contributed by atoms with van der Waals surface area (Å²) in [6.07, 6.45) is 0.0522. The lowest BCUT2D eigenvalue weighted by atomic mass is 10.1. The van der Waals surface area contributed by atoms with Gasteiger partial charge in [-0.05, 0) is 0 Å². The smallest absolute Gasteiger partial charge is 0.324 e. The van der Waals surface area contributed by atoms with Crippen LogP contribution in [0.3, 0.4) is 0 Å². The summed E-state index contributed by atoms with van der Waals surface area (Å²) < 4.78 is 27.8. The second-order valence-corrected chi connectivity index (χ2v) is 4.03. The molecule has 0 radical (unpaired) electrons. The molecule has 1 aromatic carbocycles. The van der Waals surface area contributed by atoms with Crippen molar-refractivity contribution in [1.82, 2.24) is 10.2 Å². The Morgan fingerprint density at radius 3 is 2.50 bits per heavy atom. The summed E-state index contributed by atoms with van der Waals surface area (Å²) in [5.74, 6) is -3.82. The molecule has 1 fully saturated rings. The number of nitrogens with zero attached hydrogens (tertiary/aromatic N) is 1. The molecule has 18 heavy (non-hydrogen) atoms. The molecular formula is C12H12F2N2O2. The number of imide groups is 1. The second kappa shape index (κ2) is 4.72. The molecule has 0 aromatic heterocycles. The average Bonchev–Trinajstić information content (AvgIpc) is 2.35. The van der Waals surface area contributed by atoms with E-state index >= 15 is 0 Å². The van der Waals surface area contributed by atoms with Gasteiger partial charge >= 0.3 is 6.03 Å². The Kier molecular flexibility index (Phi) is 3.27. The third-order valence-electron chi connectivity index (χ3n) is 2.71. The quantitative estimate of drug-likeness (QED) is 0.892. The van der Waals surface area contributed by atoms with Crippen molar-refractivity contribution in [3.63, 3.8) is 0 Å². The maximum atomic E-state index is 13.9. The van der Waals surface area contributed by atoms with Crippen LogP contribution >= 0.6 is 0 Å². The molecule has 0 aliphatic carbocycles. The van der Waals surface area contributed by atoms with E-state index in [1.807, 2.05) is 0 Å². The van der Waals surface area contributed by atoms with Crippen LogP contribution in [0.4, 0.5) is 13.6 Å². The Morgan fingerprint density at radius 2 is 1.89 bits per heavy atom. The number of urea groups is 1. The molecule has 2 rings (SSSR count). The molecule has 0 bridgehead atoms. The normalized spacial score (nSPS) is 16.7. The molecule has 1 aromatic rings. The summed E-state index contributed by atoms with van der Waals surface area (Å²) in [6.45, 7) is -0.729. The maximum Gasteiger partial charge on any atom is 0.324 e. The highest BCUT2D eigenvalue weighted by Gasteiger charge is 2.39. The van der Waals surface area contributed by atoms with Crippen LogP contribution in [0.5, 0.6) is 0 Å². The van der Waals surface area contributed by atoms with Gasteiger partial charge in [0.2, 0.25) is 5.91 Å². The number of carbonyl (C=O) groups is 2. The molecule has 1 heterocycles. The highest BCUT2D eigenvalue weighted by molar-refractivity contribution is 5.96. The molecule has 0 saturated carbocycles. The largest absolute Gasteiger partial charge is 0.337 e. The van der Waals surface area contributed by atoms with Gasteiger partial charge in [-0.15, -0.1) is 0 Å². The number of hydrogen-bond donors (Lipinski definition) is 1. The second-order valence-electron chi connectivity index (χ2n) is 4.03. The van der Waals surface area contributed by atoms with Gasteiger partial charge in [0, 0.05) is 18.5 Å². The van der Waals surface area contributed by atoms with Crippen LogP contribution in [-0.4, -0.2) is 29.9 Å². The Bertz CT molecular complexity index is 446. The van der Waals surface area contributed by atoms with Crippen molar-refractivity contribution in [2.45, 2.75) is 12.3 Å². The van der Waals surface area contributed by atoms with Crippen molar-refractivity contribution in [2.24, 2.45) is 0 Å². The van der Waals surface area contributed by atoms with E-state index < -0.39 is 24.4 Å². The molecule has 0 unspecified atom stereocenters. The number of benzene rings is 1. The van der Waals surface area contributed by atoms with E-state index in [-0.39, 0.29) is 18.5 Å². The van der Waals surface area contributed by atoms with Gasteiger partial charge in [0.15, 0.2) is 0 Å². The number of carbonyl (C=O) groups excluding carboxylic acids is 2. The summed E-state index contributed by atoms with van der Waals surface area (Å²) in [5.41, 5.74) is -0.212. The van der Waals surface area contributed by atoms with E-state index in [1.165, 1.54) is 24.3 Å². The van der Waals surface area contributed by atoms with Gasteiger partial charge in [-0.1, -0.05) is 30.3 Å². The molecule has 1 aliphatic heterocycles. The van der Waals surface area contributed by atoms with Crippen molar-refractivity contribution in [3.05, 3.63) is 35.9 Å². The Balaban J connectivity index is 2.17. The molecule has 0 spiro atoms. The number of amides is 3. The van der Waals surface area contributed by atoms with E-state index in [4.69, 9.17) is 0 Å². The molecule has 0 atom stereocenters. The summed E-state index contributed by atoms with van der Waals surface area (Å²) in [7, 11) is 0. The van der Waals surface area contributed by atoms with Crippen LogP contribution in [0.1, 0.15) is 12.0 Å². The first-order valence-electron chi connectivity index (χ1n) is 5.52. The van der Waals surface area contributed by atoms with E-state index in [0.29, 0.717) is 4.90 Å². The van der Waals surface area contributed by atoms with Gasteiger partial charge in [-0.2, -0.15) is 8.78 Å². The van der Waals surface area contributed by atoms with Crippen molar-refractivity contribution >= 4 is 11.9 Å². The number of halogens is 2. The highest BCUT2D eigenvalue weighted by Crippen LogP contribution is 2.29. The summed E-state index contributed by atoms with van der Waals surface area (Å²) in [4.78, 5) is 23.4. The lowest BCUT2D eigenvalue weighted by molar-refractivity contribution is -0.134. The van der Waals surface area contributed by atoms with E-state index in [0.717, 1.165) is 0 Å². The molecule has 6 heteroatoms. The average molecular weight is 254 g/mol. The molecule has 1 saturated heterocycles. The zero-order valence-corrected chi connectivity index (χ0v) is 9.53. The predicted octanol–water partition coefficient (Wildman–Crippen LogP) is 1.72. The molecule has 4 nitrogen and oxygen atoms in total. The molecule has 3 amide bonds. The van der Waals surface area contributed by atoms with Crippen molar-refractivity contribution < 1.29 is 18.4 Å². The van der Waals surface area contributed by atoms with Crippen molar-refractivity contribution in [1.29, 1.82) is 0 Å². The van der Waals surface area contributed by atoms with Crippen LogP contribution in [0.25, 0.3) is 0 Å². The van der Waals surface area contributed by atoms with Crippen LogP contribution in [-0.2, 0) is 10.7 Å². The van der Waals surface area contributed by atoms with Crippen LogP contribution in [0, 0.1) is 0 Å². The zero-order chi connectivity index (χ0) is 13.2. The highest BCUT2D eigenvalue weighted by atomic mass is 19.3. The number of alkyl halides is 2. The fourth-order valence-electron chi connectivity index (χ4n) is 1.75. The van der Waals surface area contributed by atoms with E-state index in [2.05, 4.69) is 5.32 Å². The third kappa shape index (κ3) is 2.47. The fraction of sp³-hybridized carbons (Fsp3) is 0.333. The fourth-order valence-corrected chi connectivity index (χ4v) is 1.75. The van der Waals surface area contributed by atoms with Crippen LogP contribution in [0.15, 0.2) is 30.3 Å². The molecular weight excluding hydrogens is 242 g/mol. The SMILES string of the molecule is O=C1CCNC(=O)N1CC(F)(F)c1ccccc1. The van der Waals surface area contributed by atoms with Crippen molar-refractivity contribution in [3.8, 4) is 0 Å². The minimum Gasteiger partial charge on any atom is -0.337 e. The van der Waals surface area contributed by atoms with Crippen LogP contribution in [0.2, 0.25) is 0 Å². The lowest BCUT2D eigenvalue weighted by Gasteiger charge is -2.29. The Labute approximate surface area is 103 Å². The molecule has 1 aliphatic rings. The maximum absolute atomic E-state index is 13.9. The van der Waals surface area contributed by atoms with Gasteiger partial charge in [0.25, 0.3) is 5.92 Å². The van der Waals surface area contributed by atoms with Gasteiger partial charge in [0.05, 0.1) is 6.54 Å². The first kappa shape index (κ1) is 12.5. The monoisotopic (exact) mass is 254 g/mol. The van der Waals surface area contributed by atoms with Crippen molar-refractivity contribution in [2.75, 3.05) is 13.1 Å². The molecule has 1 N–H and O–H groups in total. The number of nitrogens with one attached hydrogen (secondary N) is 1. The van der Waals surface area contributed by atoms with Gasteiger partial charge in [0.1, 0.15) is 0 Å². The van der Waals surface area contributed by atoms with E-state index in [1.54, 1.807) is 6.07 Å². The number of hydrogen-bond acceptors (Lipinski definition) is 2. The predicted molar refractivity (Wildman–Crippen MR) is 60.1 cm³/mol.